The Balaban J connectivity index is 1.90. The Kier molecular flexibility index (Phi) is 3.65. The van der Waals surface area contributed by atoms with Gasteiger partial charge >= 0.3 is 0 Å². The molecule has 20 heavy (non-hydrogen) atoms. The van der Waals surface area contributed by atoms with Gasteiger partial charge in [-0.3, -0.25) is 4.79 Å². The summed E-state index contributed by atoms with van der Waals surface area (Å²) in [5.41, 5.74) is 0.822. The van der Waals surface area contributed by atoms with Crippen molar-refractivity contribution in [3.63, 3.8) is 0 Å². The summed E-state index contributed by atoms with van der Waals surface area (Å²) in [5.74, 6) is 1.54. The van der Waals surface area contributed by atoms with Crippen LogP contribution < -0.4 is 15.0 Å². The maximum atomic E-state index is 12.0. The largest absolute Gasteiger partial charge is 0.455 e. The van der Waals surface area contributed by atoms with Crippen molar-refractivity contribution in [3.05, 3.63) is 54.6 Å². The Morgan fingerprint density at radius 3 is 2.55 bits per heavy atom. The molecule has 3 rings (SSSR count). The predicted molar refractivity (Wildman–Crippen MR) is 78.2 cm³/mol. The average molecular weight is 268 g/mol. The normalized spacial score (nSPS) is 15.2. The minimum Gasteiger partial charge on any atom is -0.455 e. The monoisotopic (exact) mass is 268 g/mol. The predicted octanol–water partition coefficient (Wildman–Crippen LogP) is 2.42. The van der Waals surface area contributed by atoms with Gasteiger partial charge in [0, 0.05) is 13.1 Å². The van der Waals surface area contributed by atoms with Gasteiger partial charge in [-0.15, -0.1) is 0 Å². The van der Waals surface area contributed by atoms with Crippen molar-refractivity contribution in [3.8, 4) is 11.5 Å². The lowest BCUT2D eigenvalue weighted by Gasteiger charge is -2.28. The van der Waals surface area contributed by atoms with Crippen LogP contribution in [-0.4, -0.2) is 25.5 Å². The molecule has 0 aromatic heterocycles. The molecular weight excluding hydrogens is 252 g/mol. The van der Waals surface area contributed by atoms with Crippen LogP contribution in [0.25, 0.3) is 0 Å². The first-order valence-corrected chi connectivity index (χ1v) is 6.67. The number of nitrogens with one attached hydrogen (secondary N) is 1. The number of amides is 1. The molecule has 1 amide bonds. The maximum Gasteiger partial charge on any atom is 0.241 e. The number of ether oxygens (including phenoxy) is 1. The molecule has 1 aliphatic rings. The Labute approximate surface area is 118 Å². The van der Waals surface area contributed by atoms with E-state index in [0.29, 0.717) is 18.8 Å². The first-order valence-electron chi connectivity index (χ1n) is 6.67. The minimum atomic E-state index is 0.0698. The standard InChI is InChI=1S/C16H16N2O2/c19-16-12-17-10-11-18(16)14-8-4-5-9-15(14)20-13-6-2-1-3-7-13/h1-9,17H,10-12H2. The van der Waals surface area contributed by atoms with Gasteiger partial charge in [0.25, 0.3) is 0 Å². The van der Waals surface area contributed by atoms with Gasteiger partial charge in [-0.1, -0.05) is 30.3 Å². The van der Waals surface area contributed by atoms with Crippen molar-refractivity contribution >= 4 is 11.6 Å². The summed E-state index contributed by atoms with van der Waals surface area (Å²) < 4.78 is 5.90. The molecule has 2 aromatic rings. The lowest BCUT2D eigenvalue weighted by atomic mass is 10.2. The molecule has 0 unspecified atom stereocenters. The third kappa shape index (κ3) is 2.65. The number of carbonyl (C=O) groups is 1. The number of rotatable bonds is 3. The van der Waals surface area contributed by atoms with Gasteiger partial charge in [-0.2, -0.15) is 0 Å². The second-order valence-electron chi connectivity index (χ2n) is 4.60. The summed E-state index contributed by atoms with van der Waals surface area (Å²) in [6.07, 6.45) is 0. The van der Waals surface area contributed by atoms with Crippen LogP contribution in [0.1, 0.15) is 0 Å². The highest BCUT2D eigenvalue weighted by molar-refractivity contribution is 5.96. The summed E-state index contributed by atoms with van der Waals surface area (Å²) in [6, 6.07) is 17.2. The summed E-state index contributed by atoms with van der Waals surface area (Å²) in [6.45, 7) is 1.83. The SMILES string of the molecule is O=C1CNCCN1c1ccccc1Oc1ccccc1. The molecule has 2 aromatic carbocycles. The number of nitrogens with zero attached hydrogens (tertiary/aromatic N) is 1. The van der Waals surface area contributed by atoms with Gasteiger partial charge in [0.15, 0.2) is 5.75 Å². The molecule has 4 heteroatoms. The number of anilines is 1. The molecule has 0 atom stereocenters. The summed E-state index contributed by atoms with van der Waals surface area (Å²) in [4.78, 5) is 13.8. The number of piperazine rings is 1. The summed E-state index contributed by atoms with van der Waals surface area (Å²) >= 11 is 0. The Hall–Kier alpha value is -2.33. The van der Waals surface area contributed by atoms with Crippen LogP contribution in [0, 0.1) is 0 Å². The molecule has 0 radical (unpaired) electrons. The van der Waals surface area contributed by atoms with Gasteiger partial charge in [0.2, 0.25) is 5.91 Å². The van der Waals surface area contributed by atoms with Crippen molar-refractivity contribution in [2.45, 2.75) is 0 Å². The average Bonchev–Trinajstić information content (AvgIpc) is 2.50. The zero-order valence-corrected chi connectivity index (χ0v) is 11.1. The number of para-hydroxylation sites is 3. The van der Waals surface area contributed by atoms with E-state index < -0.39 is 0 Å². The summed E-state index contributed by atoms with van der Waals surface area (Å²) in [7, 11) is 0. The lowest BCUT2D eigenvalue weighted by Crippen LogP contribution is -2.48. The second kappa shape index (κ2) is 5.75. The first-order chi connectivity index (χ1) is 9.84. The molecule has 1 aliphatic heterocycles. The maximum absolute atomic E-state index is 12.0. The van der Waals surface area contributed by atoms with Crippen LogP contribution >= 0.6 is 0 Å². The van der Waals surface area contributed by atoms with Gasteiger partial charge in [0.05, 0.1) is 12.2 Å². The smallest absolute Gasteiger partial charge is 0.241 e. The van der Waals surface area contributed by atoms with Crippen molar-refractivity contribution in [1.29, 1.82) is 0 Å². The zero-order chi connectivity index (χ0) is 13.8. The van der Waals surface area contributed by atoms with Crippen molar-refractivity contribution in [1.82, 2.24) is 5.32 Å². The third-order valence-corrected chi connectivity index (χ3v) is 3.22. The van der Waals surface area contributed by atoms with Crippen LogP contribution in [0.15, 0.2) is 54.6 Å². The number of benzene rings is 2. The Morgan fingerprint density at radius 1 is 1.00 bits per heavy atom. The second-order valence-corrected chi connectivity index (χ2v) is 4.60. The van der Waals surface area contributed by atoms with E-state index in [1.807, 2.05) is 54.6 Å². The number of hydrogen-bond acceptors (Lipinski definition) is 3. The fourth-order valence-electron chi connectivity index (χ4n) is 2.24. The van der Waals surface area contributed by atoms with Crippen molar-refractivity contribution in [2.24, 2.45) is 0 Å². The molecular formula is C16H16N2O2. The quantitative estimate of drug-likeness (QED) is 0.929. The molecule has 102 valence electrons. The van der Waals surface area contributed by atoms with Crippen LogP contribution in [0.2, 0.25) is 0 Å². The van der Waals surface area contributed by atoms with Crippen LogP contribution in [0.4, 0.5) is 5.69 Å². The lowest BCUT2D eigenvalue weighted by molar-refractivity contribution is -0.118. The first kappa shape index (κ1) is 12.7. The number of carbonyl (C=O) groups excluding carboxylic acids is 1. The fourth-order valence-corrected chi connectivity index (χ4v) is 2.24. The molecule has 1 N–H and O–H groups in total. The molecule has 0 bridgehead atoms. The highest BCUT2D eigenvalue weighted by atomic mass is 16.5. The topological polar surface area (TPSA) is 41.6 Å². The molecule has 0 saturated carbocycles. The molecule has 0 aliphatic carbocycles. The van der Waals surface area contributed by atoms with E-state index in [0.717, 1.165) is 18.0 Å². The van der Waals surface area contributed by atoms with Gasteiger partial charge < -0.3 is 15.0 Å². The van der Waals surface area contributed by atoms with Gasteiger partial charge in [0.1, 0.15) is 5.75 Å². The highest BCUT2D eigenvalue weighted by Crippen LogP contribution is 2.32. The van der Waals surface area contributed by atoms with Gasteiger partial charge in [-0.25, -0.2) is 0 Å². The third-order valence-electron chi connectivity index (χ3n) is 3.22. The van der Waals surface area contributed by atoms with E-state index in [1.54, 1.807) is 4.90 Å². The minimum absolute atomic E-state index is 0.0698. The van der Waals surface area contributed by atoms with Crippen LogP contribution in [0.3, 0.4) is 0 Å². The van der Waals surface area contributed by atoms with Crippen molar-refractivity contribution in [2.75, 3.05) is 24.5 Å². The molecule has 4 nitrogen and oxygen atoms in total. The van der Waals surface area contributed by atoms with E-state index >= 15 is 0 Å². The molecule has 0 spiro atoms. The number of hydrogen-bond donors (Lipinski definition) is 1. The van der Waals surface area contributed by atoms with Crippen LogP contribution in [0.5, 0.6) is 11.5 Å². The molecule has 1 saturated heterocycles. The summed E-state index contributed by atoms with van der Waals surface area (Å²) in [5, 5.41) is 3.07. The Bertz CT molecular complexity index is 598. The van der Waals surface area contributed by atoms with E-state index in [9.17, 15) is 4.79 Å². The highest BCUT2D eigenvalue weighted by Gasteiger charge is 2.22. The van der Waals surface area contributed by atoms with Crippen LogP contribution in [-0.2, 0) is 4.79 Å². The van der Waals surface area contributed by atoms with E-state index in [1.165, 1.54) is 0 Å². The van der Waals surface area contributed by atoms with E-state index in [2.05, 4.69) is 5.32 Å². The molecule has 1 heterocycles. The van der Waals surface area contributed by atoms with E-state index in [-0.39, 0.29) is 5.91 Å². The fraction of sp³-hybridized carbons (Fsp3) is 0.188. The van der Waals surface area contributed by atoms with Crippen molar-refractivity contribution < 1.29 is 9.53 Å². The zero-order valence-electron chi connectivity index (χ0n) is 11.1. The van der Waals surface area contributed by atoms with E-state index in [4.69, 9.17) is 4.74 Å². The molecule has 1 fully saturated rings. The van der Waals surface area contributed by atoms with Gasteiger partial charge in [-0.05, 0) is 24.3 Å². The Morgan fingerprint density at radius 2 is 1.75 bits per heavy atom.